The molecule has 6 rings (SSSR count). The fraction of sp³-hybridized carbons (Fsp3) is 0.0303. The highest BCUT2D eigenvalue weighted by molar-refractivity contribution is 7.87. The molecule has 0 aliphatic heterocycles. The quantitative estimate of drug-likeness (QED) is 0.0641. The standard InChI is InChI=1S/C33H24N6O13S4/c1-18-12-20(35-34-19-2-5-22(40)6-3-19)4-9-29(18)37-39-30-10-11-31(26-15-23(53(41,42)43)7-8-25(26)30)38-36-21-13-27-28(32(14-21)55(47,48)49)16-24(54(44,45)46)17-33(27)56(50,51)52/h2-17,40H,1H3,(H,41,42,43)(H,44,45,46)(H,47,48,49)(H,50,51,52). The predicted octanol–water partition coefficient (Wildman–Crippen LogP) is 8.24. The van der Waals surface area contributed by atoms with Gasteiger partial charge in [-0.15, -0.1) is 10.2 Å². The van der Waals surface area contributed by atoms with E-state index in [1.807, 2.05) is 0 Å². The molecular formula is C33H24N6O13S4. The van der Waals surface area contributed by atoms with Crippen molar-refractivity contribution in [3.05, 3.63) is 103 Å². The number of benzene rings is 6. The second kappa shape index (κ2) is 14.6. The lowest BCUT2D eigenvalue weighted by molar-refractivity contribution is 0.475. The van der Waals surface area contributed by atoms with Crippen molar-refractivity contribution in [1.29, 1.82) is 0 Å². The number of rotatable bonds is 10. The Morgan fingerprint density at radius 3 is 1.48 bits per heavy atom. The molecule has 0 bridgehead atoms. The number of aromatic hydroxyl groups is 1. The fourth-order valence-corrected chi connectivity index (χ4v) is 7.84. The van der Waals surface area contributed by atoms with Crippen molar-refractivity contribution in [1.82, 2.24) is 0 Å². The first-order valence-corrected chi connectivity index (χ1v) is 21.1. The first-order valence-electron chi connectivity index (χ1n) is 15.3. The van der Waals surface area contributed by atoms with Crippen LogP contribution < -0.4 is 0 Å². The lowest BCUT2D eigenvalue weighted by atomic mass is 10.1. The third kappa shape index (κ3) is 8.79. The zero-order valence-electron chi connectivity index (χ0n) is 28.1. The number of hydrogen-bond donors (Lipinski definition) is 5. The van der Waals surface area contributed by atoms with Crippen molar-refractivity contribution in [2.45, 2.75) is 26.5 Å². The number of hydrogen-bond acceptors (Lipinski definition) is 15. The van der Waals surface area contributed by atoms with Crippen LogP contribution in [-0.2, 0) is 40.5 Å². The molecule has 0 radical (unpaired) electrons. The smallest absolute Gasteiger partial charge is 0.295 e. The van der Waals surface area contributed by atoms with Gasteiger partial charge in [0.15, 0.2) is 0 Å². The molecule has 288 valence electrons. The lowest BCUT2D eigenvalue weighted by Crippen LogP contribution is -2.07. The van der Waals surface area contributed by atoms with E-state index in [1.165, 1.54) is 30.3 Å². The van der Waals surface area contributed by atoms with Crippen LogP contribution in [0.3, 0.4) is 0 Å². The van der Waals surface area contributed by atoms with Crippen LogP contribution in [0.4, 0.5) is 34.1 Å². The molecule has 0 atom stereocenters. The highest BCUT2D eigenvalue weighted by Gasteiger charge is 2.26. The molecule has 6 aromatic carbocycles. The van der Waals surface area contributed by atoms with Gasteiger partial charge < -0.3 is 5.11 Å². The van der Waals surface area contributed by atoms with Crippen molar-refractivity contribution >= 4 is 96.1 Å². The van der Waals surface area contributed by atoms with Gasteiger partial charge in [0.05, 0.1) is 43.9 Å². The number of nitrogens with zero attached hydrogens (tertiary/aromatic N) is 6. The maximum atomic E-state index is 12.4. The van der Waals surface area contributed by atoms with E-state index >= 15 is 0 Å². The van der Waals surface area contributed by atoms with E-state index in [1.54, 1.807) is 37.3 Å². The minimum atomic E-state index is -5.30. The summed E-state index contributed by atoms with van der Waals surface area (Å²) in [6.45, 7) is 1.75. The van der Waals surface area contributed by atoms with Gasteiger partial charge in [-0.2, -0.15) is 54.1 Å². The summed E-state index contributed by atoms with van der Waals surface area (Å²) in [5.41, 5.74) is 1.75. The highest BCUT2D eigenvalue weighted by atomic mass is 32.2. The highest BCUT2D eigenvalue weighted by Crippen LogP contribution is 2.39. The summed E-state index contributed by atoms with van der Waals surface area (Å²) >= 11 is 0. The Hall–Kier alpha value is -5.92. The molecule has 5 N–H and O–H groups in total. The van der Waals surface area contributed by atoms with E-state index in [2.05, 4.69) is 30.7 Å². The molecule has 0 aliphatic carbocycles. The lowest BCUT2D eigenvalue weighted by Gasteiger charge is -2.11. The summed E-state index contributed by atoms with van der Waals surface area (Å²) in [6, 6.07) is 19.8. The molecule has 0 unspecified atom stereocenters. The van der Waals surface area contributed by atoms with Crippen LogP contribution in [0.2, 0.25) is 0 Å². The summed E-state index contributed by atoms with van der Waals surface area (Å²) in [4.78, 5) is -3.89. The van der Waals surface area contributed by atoms with Gasteiger partial charge in [-0.25, -0.2) is 0 Å². The van der Waals surface area contributed by atoms with Crippen LogP contribution in [0.15, 0.2) is 147 Å². The van der Waals surface area contributed by atoms with Crippen molar-refractivity contribution in [3.63, 3.8) is 0 Å². The van der Waals surface area contributed by atoms with Crippen molar-refractivity contribution in [3.8, 4) is 5.75 Å². The molecule has 23 heteroatoms. The van der Waals surface area contributed by atoms with E-state index in [0.717, 1.165) is 18.2 Å². The average Bonchev–Trinajstić information content (AvgIpc) is 3.11. The van der Waals surface area contributed by atoms with Crippen molar-refractivity contribution < 1.29 is 57.0 Å². The minimum absolute atomic E-state index is 0.0363. The molecule has 6 aromatic rings. The molecule has 0 saturated heterocycles. The molecule has 0 spiro atoms. The van der Waals surface area contributed by atoms with Crippen LogP contribution in [-0.4, -0.2) is 57.0 Å². The predicted molar refractivity (Wildman–Crippen MR) is 199 cm³/mol. The van der Waals surface area contributed by atoms with Crippen LogP contribution in [0, 0.1) is 6.92 Å². The fourth-order valence-electron chi connectivity index (χ4n) is 5.29. The van der Waals surface area contributed by atoms with Crippen molar-refractivity contribution in [2.24, 2.45) is 30.7 Å². The molecule has 56 heavy (non-hydrogen) atoms. The van der Waals surface area contributed by atoms with Crippen LogP contribution in [0.5, 0.6) is 5.75 Å². The van der Waals surface area contributed by atoms with E-state index in [4.69, 9.17) is 0 Å². The zero-order chi connectivity index (χ0) is 40.8. The number of aryl methyl sites for hydroxylation is 1. The molecule has 0 aliphatic rings. The Morgan fingerprint density at radius 1 is 0.393 bits per heavy atom. The number of phenols is 1. The molecule has 0 saturated carbocycles. The van der Waals surface area contributed by atoms with Gasteiger partial charge in [-0.3, -0.25) is 18.2 Å². The summed E-state index contributed by atoms with van der Waals surface area (Å²) in [6.07, 6.45) is 0. The Balaban J connectivity index is 1.43. The van der Waals surface area contributed by atoms with Gasteiger partial charge in [-0.1, -0.05) is 6.07 Å². The van der Waals surface area contributed by atoms with Crippen LogP contribution >= 0.6 is 0 Å². The second-order valence-electron chi connectivity index (χ2n) is 11.8. The van der Waals surface area contributed by atoms with E-state index in [0.29, 0.717) is 40.8 Å². The first-order chi connectivity index (χ1) is 26.1. The third-order valence-electron chi connectivity index (χ3n) is 7.90. The Kier molecular flexibility index (Phi) is 10.4. The molecule has 0 fully saturated rings. The monoisotopic (exact) mass is 840 g/mol. The molecular weight excluding hydrogens is 817 g/mol. The van der Waals surface area contributed by atoms with Gasteiger partial charge in [0.1, 0.15) is 15.5 Å². The normalized spacial score (nSPS) is 13.2. The average molecular weight is 841 g/mol. The number of azo groups is 3. The number of fused-ring (bicyclic) bond motifs is 2. The van der Waals surface area contributed by atoms with Crippen LogP contribution in [0.25, 0.3) is 21.5 Å². The van der Waals surface area contributed by atoms with Gasteiger partial charge in [0.2, 0.25) is 0 Å². The summed E-state index contributed by atoms with van der Waals surface area (Å²) < 4.78 is 136. The zero-order valence-corrected chi connectivity index (χ0v) is 31.3. The molecule has 19 nitrogen and oxygen atoms in total. The van der Waals surface area contributed by atoms with E-state index in [-0.39, 0.29) is 27.9 Å². The molecule has 0 heterocycles. The summed E-state index contributed by atoms with van der Waals surface area (Å²) in [5, 5.41) is 33.2. The van der Waals surface area contributed by atoms with Crippen LogP contribution in [0.1, 0.15) is 5.56 Å². The second-order valence-corrected chi connectivity index (χ2v) is 17.4. The summed E-state index contributed by atoms with van der Waals surface area (Å²) in [5.74, 6) is 0.0835. The number of phenolic OH excluding ortho intramolecular Hbond substituents is 1. The van der Waals surface area contributed by atoms with Crippen molar-refractivity contribution in [2.75, 3.05) is 0 Å². The largest absolute Gasteiger partial charge is 0.508 e. The van der Waals surface area contributed by atoms with Gasteiger partial charge in [0.25, 0.3) is 40.5 Å². The maximum Gasteiger partial charge on any atom is 0.295 e. The Bertz CT molecular complexity index is 3150. The summed E-state index contributed by atoms with van der Waals surface area (Å²) in [7, 11) is -20.5. The van der Waals surface area contributed by atoms with E-state index < -0.39 is 76.5 Å². The topological polar surface area (TPSA) is 312 Å². The van der Waals surface area contributed by atoms with Gasteiger partial charge in [-0.05, 0) is 103 Å². The van der Waals surface area contributed by atoms with E-state index in [9.17, 15) is 57.0 Å². The van der Waals surface area contributed by atoms with Gasteiger partial charge in [0, 0.05) is 21.5 Å². The maximum absolute atomic E-state index is 12.4. The molecule has 0 amide bonds. The SMILES string of the molecule is Cc1cc(N=Nc2ccc(O)cc2)ccc1N=Nc1ccc(N=Nc2cc(S(=O)(=O)O)c3cc(S(=O)(=O)O)cc(S(=O)(=O)O)c3c2)c2cc(S(=O)(=O)O)ccc12. The third-order valence-corrected chi connectivity index (χ3v) is 11.4. The first kappa shape index (κ1) is 39.8. The Labute approximate surface area is 317 Å². The Morgan fingerprint density at radius 2 is 0.875 bits per heavy atom. The molecule has 0 aromatic heterocycles. The minimum Gasteiger partial charge on any atom is -0.508 e. The van der Waals surface area contributed by atoms with Gasteiger partial charge >= 0.3 is 0 Å².